The lowest BCUT2D eigenvalue weighted by Gasteiger charge is -2.23. The summed E-state index contributed by atoms with van der Waals surface area (Å²) in [6.45, 7) is 0.925. The van der Waals surface area contributed by atoms with Crippen LogP contribution in [0.4, 0.5) is 0 Å². The van der Waals surface area contributed by atoms with Crippen LogP contribution < -0.4 is 0 Å². The number of thiophene rings is 1. The van der Waals surface area contributed by atoms with Crippen LogP contribution in [0.3, 0.4) is 0 Å². The smallest absolute Gasteiger partial charge is 0.232 e. The number of β-amino-alcohol motifs (C(OH)–C–C–N with tert-alkyl or cyclic N) is 1. The van der Waals surface area contributed by atoms with E-state index in [-0.39, 0.29) is 5.91 Å². The van der Waals surface area contributed by atoms with E-state index < -0.39 is 5.60 Å². The Morgan fingerprint density at radius 2 is 2.24 bits per heavy atom. The van der Waals surface area contributed by atoms with Crippen molar-refractivity contribution in [1.82, 2.24) is 10.1 Å². The van der Waals surface area contributed by atoms with Gasteiger partial charge in [0.05, 0.1) is 21.9 Å². The lowest BCUT2D eigenvalue weighted by atomic mass is 9.94. The van der Waals surface area contributed by atoms with E-state index in [0.29, 0.717) is 42.5 Å². The molecule has 152 valence electrons. The second-order valence-electron chi connectivity index (χ2n) is 7.25. The summed E-state index contributed by atoms with van der Waals surface area (Å²) < 4.78 is 5.37. The normalized spacial score (nSPS) is 19.0. The molecule has 3 aromatic rings. The standard InChI is InChI=1S/C21H21ClN2O3S2/c22-16-4-1-3-15(9-16)11-21(26)6-7-24(14-21)20(25)13-28-12-17-10-18(27-23-17)19-5-2-8-29-19/h1-5,8-10,26H,6-7,11-14H2/t21-/m0/s1. The van der Waals surface area contributed by atoms with Crippen molar-refractivity contribution in [2.75, 3.05) is 18.8 Å². The maximum Gasteiger partial charge on any atom is 0.232 e. The zero-order valence-electron chi connectivity index (χ0n) is 15.7. The number of likely N-dealkylation sites (tertiary alicyclic amines) is 1. The largest absolute Gasteiger partial charge is 0.388 e. The molecule has 1 amide bonds. The lowest BCUT2D eigenvalue weighted by molar-refractivity contribution is -0.128. The second kappa shape index (κ2) is 8.92. The molecule has 0 aliphatic carbocycles. The molecular formula is C21H21ClN2O3S2. The van der Waals surface area contributed by atoms with Crippen molar-refractivity contribution in [3.8, 4) is 10.6 Å². The van der Waals surface area contributed by atoms with Gasteiger partial charge in [-0.2, -0.15) is 0 Å². The minimum absolute atomic E-state index is 0.0407. The van der Waals surface area contributed by atoms with Crippen molar-refractivity contribution in [2.24, 2.45) is 0 Å². The zero-order chi connectivity index (χ0) is 20.3. The molecular weight excluding hydrogens is 428 g/mol. The number of amides is 1. The van der Waals surface area contributed by atoms with Crippen LogP contribution >= 0.6 is 34.7 Å². The molecule has 8 heteroatoms. The average molecular weight is 449 g/mol. The molecule has 1 fully saturated rings. The molecule has 0 radical (unpaired) electrons. The maximum absolute atomic E-state index is 12.6. The van der Waals surface area contributed by atoms with Gasteiger partial charge in [-0.25, -0.2) is 0 Å². The molecule has 1 saturated heterocycles. The third-order valence-corrected chi connectivity index (χ3v) is 6.98. The van der Waals surface area contributed by atoms with Crippen LogP contribution in [0.1, 0.15) is 17.7 Å². The molecule has 0 bridgehead atoms. The van der Waals surface area contributed by atoms with Crippen LogP contribution in [0.15, 0.2) is 52.4 Å². The highest BCUT2D eigenvalue weighted by molar-refractivity contribution is 7.99. The Balaban J connectivity index is 1.25. The van der Waals surface area contributed by atoms with Crippen LogP contribution in [0.2, 0.25) is 5.02 Å². The number of nitrogens with zero attached hydrogens (tertiary/aromatic N) is 2. The quantitative estimate of drug-likeness (QED) is 0.576. The number of thioether (sulfide) groups is 1. The number of carbonyl (C=O) groups is 1. The van der Waals surface area contributed by atoms with Crippen molar-refractivity contribution < 1.29 is 14.4 Å². The molecule has 0 unspecified atom stereocenters. The molecule has 0 saturated carbocycles. The summed E-state index contributed by atoms with van der Waals surface area (Å²) in [7, 11) is 0. The van der Waals surface area contributed by atoms with Gasteiger partial charge in [0.25, 0.3) is 0 Å². The molecule has 2 aromatic heterocycles. The number of hydrogen-bond acceptors (Lipinski definition) is 6. The van der Waals surface area contributed by atoms with E-state index in [4.69, 9.17) is 16.1 Å². The molecule has 1 atom stereocenters. The fraction of sp³-hybridized carbons (Fsp3) is 0.333. The van der Waals surface area contributed by atoms with E-state index in [1.54, 1.807) is 16.2 Å². The van der Waals surface area contributed by atoms with Crippen LogP contribution in [-0.2, 0) is 17.0 Å². The van der Waals surface area contributed by atoms with Gasteiger partial charge in [0.2, 0.25) is 5.91 Å². The molecule has 0 spiro atoms. The summed E-state index contributed by atoms with van der Waals surface area (Å²) in [6, 6.07) is 13.4. The van der Waals surface area contributed by atoms with Crippen molar-refractivity contribution >= 4 is 40.6 Å². The second-order valence-corrected chi connectivity index (χ2v) is 9.62. The topological polar surface area (TPSA) is 66.6 Å². The maximum atomic E-state index is 12.6. The highest BCUT2D eigenvalue weighted by atomic mass is 35.5. The minimum Gasteiger partial charge on any atom is -0.388 e. The summed E-state index contributed by atoms with van der Waals surface area (Å²) in [6.07, 6.45) is 1.07. The zero-order valence-corrected chi connectivity index (χ0v) is 18.1. The fourth-order valence-corrected chi connectivity index (χ4v) is 5.18. The molecule has 3 heterocycles. The molecule has 1 aliphatic heterocycles. The highest BCUT2D eigenvalue weighted by Gasteiger charge is 2.38. The van der Waals surface area contributed by atoms with Gasteiger partial charge in [-0.15, -0.1) is 23.1 Å². The predicted molar refractivity (Wildman–Crippen MR) is 117 cm³/mol. The van der Waals surface area contributed by atoms with Crippen LogP contribution in [-0.4, -0.2) is 45.5 Å². The van der Waals surface area contributed by atoms with E-state index in [9.17, 15) is 9.90 Å². The minimum atomic E-state index is -0.896. The number of carbonyl (C=O) groups excluding carboxylic acids is 1. The average Bonchev–Trinajstić information content (AvgIpc) is 3.42. The van der Waals surface area contributed by atoms with E-state index >= 15 is 0 Å². The molecule has 29 heavy (non-hydrogen) atoms. The number of rotatable bonds is 7. The van der Waals surface area contributed by atoms with Crippen LogP contribution in [0.5, 0.6) is 0 Å². The Hall–Kier alpha value is -1.80. The summed E-state index contributed by atoms with van der Waals surface area (Å²) in [4.78, 5) is 15.3. The summed E-state index contributed by atoms with van der Waals surface area (Å²) in [5, 5.41) is 17.6. The van der Waals surface area contributed by atoms with Crippen molar-refractivity contribution in [2.45, 2.75) is 24.2 Å². The molecule has 1 N–H and O–H groups in total. The highest BCUT2D eigenvalue weighted by Crippen LogP contribution is 2.28. The fourth-order valence-electron chi connectivity index (χ4n) is 3.49. The van der Waals surface area contributed by atoms with Crippen LogP contribution in [0, 0.1) is 0 Å². The Kier molecular flexibility index (Phi) is 6.29. The molecule has 1 aliphatic rings. The van der Waals surface area contributed by atoms with Crippen molar-refractivity contribution in [3.63, 3.8) is 0 Å². The summed E-state index contributed by atoms with van der Waals surface area (Å²) in [5.74, 6) is 1.77. The Labute approximate surface area is 182 Å². The van der Waals surface area contributed by atoms with Crippen LogP contribution in [0.25, 0.3) is 10.6 Å². The van der Waals surface area contributed by atoms with Gasteiger partial charge in [-0.3, -0.25) is 4.79 Å². The number of halogens is 1. The van der Waals surface area contributed by atoms with Gasteiger partial charge in [-0.05, 0) is 35.6 Å². The first kappa shape index (κ1) is 20.5. The van der Waals surface area contributed by atoms with E-state index in [1.165, 1.54) is 11.8 Å². The lowest BCUT2D eigenvalue weighted by Crippen LogP contribution is -2.38. The first-order valence-corrected chi connectivity index (χ1v) is 11.7. The first-order chi connectivity index (χ1) is 14.0. The molecule has 1 aromatic carbocycles. The van der Waals surface area contributed by atoms with Gasteiger partial charge in [0, 0.05) is 36.4 Å². The number of aromatic nitrogens is 1. The van der Waals surface area contributed by atoms with E-state index in [2.05, 4.69) is 5.16 Å². The Morgan fingerprint density at radius 3 is 3.03 bits per heavy atom. The number of hydrogen-bond donors (Lipinski definition) is 1. The SMILES string of the molecule is O=C(CSCc1cc(-c2cccs2)on1)N1CC[C@](O)(Cc2cccc(Cl)c2)C1. The van der Waals surface area contributed by atoms with Crippen molar-refractivity contribution in [1.29, 1.82) is 0 Å². The van der Waals surface area contributed by atoms with Gasteiger partial charge in [0.15, 0.2) is 5.76 Å². The third kappa shape index (κ3) is 5.22. The van der Waals surface area contributed by atoms with Crippen molar-refractivity contribution in [3.05, 3.63) is 64.1 Å². The van der Waals surface area contributed by atoms with Gasteiger partial charge in [-0.1, -0.05) is 35.0 Å². The Bertz CT molecular complexity index is 976. The predicted octanol–water partition coefficient (Wildman–Crippen LogP) is 4.50. The summed E-state index contributed by atoms with van der Waals surface area (Å²) >= 11 is 9.14. The number of aliphatic hydroxyl groups is 1. The number of benzene rings is 1. The first-order valence-electron chi connectivity index (χ1n) is 9.33. The summed E-state index contributed by atoms with van der Waals surface area (Å²) in [5.41, 5.74) is 0.911. The Morgan fingerprint density at radius 1 is 1.34 bits per heavy atom. The third-order valence-electron chi connectivity index (χ3n) is 4.91. The molecule has 4 rings (SSSR count). The van der Waals surface area contributed by atoms with Gasteiger partial charge in [0.1, 0.15) is 0 Å². The van der Waals surface area contributed by atoms with Gasteiger partial charge >= 0.3 is 0 Å². The van der Waals surface area contributed by atoms with Gasteiger partial charge < -0.3 is 14.5 Å². The van der Waals surface area contributed by atoms with E-state index in [0.717, 1.165) is 21.9 Å². The molecule has 5 nitrogen and oxygen atoms in total. The monoisotopic (exact) mass is 448 g/mol. The van der Waals surface area contributed by atoms with E-state index in [1.807, 2.05) is 47.8 Å².